The number of fused-ring (bicyclic) bond motifs is 1. The minimum absolute atomic E-state index is 0.207. The Morgan fingerprint density at radius 3 is 2.28 bits per heavy atom. The van der Waals surface area contributed by atoms with Crippen molar-refractivity contribution in [3.63, 3.8) is 0 Å². The third kappa shape index (κ3) is 6.45. The molecule has 1 aromatic rings. The Morgan fingerprint density at radius 1 is 1.00 bits per heavy atom. The summed E-state index contributed by atoms with van der Waals surface area (Å²) in [7, 11) is 0. The van der Waals surface area contributed by atoms with Crippen molar-refractivity contribution < 1.29 is 4.92 Å². The standard InChI is InChI=1S/C22H35NO2/c1-2-3-4-5-6-7-8-9-10-11-14-19-15-12-17-21-20(19)16-13-18-22(21)23(24)25/h13,16,18-19H,2-12,14-15,17H2,1H3. The molecule has 140 valence electrons. The minimum Gasteiger partial charge on any atom is -0.258 e. The molecule has 0 N–H and O–H groups in total. The summed E-state index contributed by atoms with van der Waals surface area (Å²) in [5.41, 5.74) is 2.61. The van der Waals surface area contributed by atoms with Gasteiger partial charge >= 0.3 is 0 Å². The van der Waals surface area contributed by atoms with E-state index in [0.29, 0.717) is 11.6 Å². The van der Waals surface area contributed by atoms with Crippen LogP contribution in [-0.4, -0.2) is 4.92 Å². The molecule has 3 nitrogen and oxygen atoms in total. The second-order valence-corrected chi connectivity index (χ2v) is 7.66. The highest BCUT2D eigenvalue weighted by Gasteiger charge is 2.25. The van der Waals surface area contributed by atoms with Crippen molar-refractivity contribution in [1.29, 1.82) is 0 Å². The van der Waals surface area contributed by atoms with E-state index >= 15 is 0 Å². The lowest BCUT2D eigenvalue weighted by molar-refractivity contribution is -0.385. The highest BCUT2D eigenvalue weighted by atomic mass is 16.6. The van der Waals surface area contributed by atoms with Crippen LogP contribution in [0.4, 0.5) is 5.69 Å². The zero-order valence-electron chi connectivity index (χ0n) is 16.0. The van der Waals surface area contributed by atoms with Crippen molar-refractivity contribution in [2.45, 2.75) is 103 Å². The molecule has 1 aliphatic carbocycles. The number of rotatable bonds is 12. The quantitative estimate of drug-likeness (QED) is 0.226. The molecule has 0 fully saturated rings. The lowest BCUT2D eigenvalue weighted by Crippen LogP contribution is -2.12. The lowest BCUT2D eigenvalue weighted by Gasteiger charge is -2.25. The van der Waals surface area contributed by atoms with Gasteiger partial charge in [-0.15, -0.1) is 0 Å². The van der Waals surface area contributed by atoms with Crippen LogP contribution in [0.3, 0.4) is 0 Å². The lowest BCUT2D eigenvalue weighted by atomic mass is 9.79. The van der Waals surface area contributed by atoms with Crippen LogP contribution in [0.5, 0.6) is 0 Å². The molecule has 0 saturated carbocycles. The van der Waals surface area contributed by atoms with E-state index in [1.54, 1.807) is 6.07 Å². The van der Waals surface area contributed by atoms with E-state index in [2.05, 4.69) is 13.0 Å². The normalized spacial score (nSPS) is 16.6. The van der Waals surface area contributed by atoms with Gasteiger partial charge < -0.3 is 0 Å². The van der Waals surface area contributed by atoms with Gasteiger partial charge in [-0.1, -0.05) is 83.3 Å². The van der Waals surface area contributed by atoms with Gasteiger partial charge in [-0.05, 0) is 37.2 Å². The molecule has 0 amide bonds. The summed E-state index contributed by atoms with van der Waals surface area (Å²) in [5.74, 6) is 0.540. The fourth-order valence-corrected chi connectivity index (χ4v) is 4.28. The van der Waals surface area contributed by atoms with Crippen LogP contribution in [0.1, 0.15) is 107 Å². The predicted octanol–water partition coefficient (Wildman–Crippen LogP) is 7.33. The highest BCUT2D eigenvalue weighted by molar-refractivity contribution is 5.48. The van der Waals surface area contributed by atoms with Crippen LogP contribution >= 0.6 is 0 Å². The third-order valence-electron chi connectivity index (χ3n) is 5.71. The molecule has 0 aromatic heterocycles. The van der Waals surface area contributed by atoms with E-state index < -0.39 is 0 Å². The second kappa shape index (κ2) is 11.3. The molecule has 1 aromatic carbocycles. The van der Waals surface area contributed by atoms with Crippen molar-refractivity contribution >= 4 is 5.69 Å². The summed E-state index contributed by atoms with van der Waals surface area (Å²) in [5, 5.41) is 11.2. The molecule has 0 radical (unpaired) electrons. The SMILES string of the molecule is CCCCCCCCCCCCC1CCCc2c1cccc2[N+](=O)[O-]. The number of benzene rings is 1. The van der Waals surface area contributed by atoms with Gasteiger partial charge in [-0.3, -0.25) is 10.1 Å². The van der Waals surface area contributed by atoms with Gasteiger partial charge in [-0.2, -0.15) is 0 Å². The maximum absolute atomic E-state index is 11.2. The van der Waals surface area contributed by atoms with Gasteiger partial charge in [0.05, 0.1) is 4.92 Å². The smallest absolute Gasteiger partial charge is 0.258 e. The number of unbranched alkanes of at least 4 members (excludes halogenated alkanes) is 9. The van der Waals surface area contributed by atoms with Crippen LogP contribution in [0.25, 0.3) is 0 Å². The van der Waals surface area contributed by atoms with Crippen molar-refractivity contribution in [1.82, 2.24) is 0 Å². The van der Waals surface area contributed by atoms with Gasteiger partial charge in [0.15, 0.2) is 0 Å². The number of nitro benzene ring substituents is 1. The Balaban J connectivity index is 1.66. The Morgan fingerprint density at radius 2 is 1.64 bits per heavy atom. The number of nitrogens with zero attached hydrogens (tertiary/aromatic N) is 1. The highest BCUT2D eigenvalue weighted by Crippen LogP contribution is 2.39. The zero-order chi connectivity index (χ0) is 17.9. The number of hydrogen-bond acceptors (Lipinski definition) is 2. The molecule has 1 aliphatic rings. The first-order valence-corrected chi connectivity index (χ1v) is 10.5. The second-order valence-electron chi connectivity index (χ2n) is 7.66. The van der Waals surface area contributed by atoms with Crippen molar-refractivity contribution in [3.8, 4) is 0 Å². The fourth-order valence-electron chi connectivity index (χ4n) is 4.28. The van der Waals surface area contributed by atoms with E-state index in [-0.39, 0.29) is 4.92 Å². The molecule has 2 rings (SSSR count). The summed E-state index contributed by atoms with van der Waals surface area (Å²) in [4.78, 5) is 11.0. The Hall–Kier alpha value is -1.38. The molecule has 0 spiro atoms. The van der Waals surface area contributed by atoms with Crippen molar-refractivity contribution in [2.75, 3.05) is 0 Å². The first kappa shape index (κ1) is 19.9. The zero-order valence-corrected chi connectivity index (χ0v) is 16.0. The van der Waals surface area contributed by atoms with Crippen LogP contribution in [-0.2, 0) is 6.42 Å². The van der Waals surface area contributed by atoms with Crippen LogP contribution in [0, 0.1) is 10.1 Å². The molecule has 0 bridgehead atoms. The molecule has 3 heteroatoms. The Kier molecular flexibility index (Phi) is 8.99. The summed E-state index contributed by atoms with van der Waals surface area (Å²) < 4.78 is 0. The third-order valence-corrected chi connectivity index (χ3v) is 5.71. The molecular weight excluding hydrogens is 310 g/mol. The maximum Gasteiger partial charge on any atom is 0.272 e. The maximum atomic E-state index is 11.2. The van der Waals surface area contributed by atoms with E-state index in [1.807, 2.05) is 6.07 Å². The van der Waals surface area contributed by atoms with Crippen molar-refractivity contribution in [2.24, 2.45) is 0 Å². The largest absolute Gasteiger partial charge is 0.272 e. The molecular formula is C22H35NO2. The van der Waals surface area contributed by atoms with Crippen LogP contribution < -0.4 is 0 Å². The van der Waals surface area contributed by atoms with Gasteiger partial charge in [0.1, 0.15) is 0 Å². The first-order valence-electron chi connectivity index (χ1n) is 10.5. The van der Waals surface area contributed by atoms with Gasteiger partial charge in [0.25, 0.3) is 5.69 Å². The van der Waals surface area contributed by atoms with Crippen LogP contribution in [0.2, 0.25) is 0 Å². The average molecular weight is 346 g/mol. The summed E-state index contributed by atoms with van der Waals surface area (Å²) in [6.07, 6.45) is 18.0. The number of nitro groups is 1. The minimum atomic E-state index is -0.207. The van der Waals surface area contributed by atoms with E-state index in [0.717, 1.165) is 18.4 Å². The first-order chi connectivity index (χ1) is 12.2. The molecule has 0 heterocycles. The predicted molar refractivity (Wildman–Crippen MR) is 105 cm³/mol. The Bertz CT molecular complexity index is 527. The van der Waals surface area contributed by atoms with E-state index in [9.17, 15) is 10.1 Å². The molecule has 0 aliphatic heterocycles. The average Bonchev–Trinajstić information content (AvgIpc) is 2.62. The molecule has 1 atom stereocenters. The van der Waals surface area contributed by atoms with E-state index in [4.69, 9.17) is 0 Å². The van der Waals surface area contributed by atoms with Gasteiger partial charge in [0.2, 0.25) is 0 Å². The van der Waals surface area contributed by atoms with Gasteiger partial charge in [-0.25, -0.2) is 0 Å². The van der Waals surface area contributed by atoms with Crippen molar-refractivity contribution in [3.05, 3.63) is 39.4 Å². The fraction of sp³-hybridized carbons (Fsp3) is 0.727. The monoisotopic (exact) mass is 345 g/mol. The molecule has 25 heavy (non-hydrogen) atoms. The summed E-state index contributed by atoms with van der Waals surface area (Å²) >= 11 is 0. The Labute approximate surface area is 153 Å². The van der Waals surface area contributed by atoms with Gasteiger partial charge in [0, 0.05) is 11.6 Å². The molecule has 0 saturated heterocycles. The number of hydrogen-bond donors (Lipinski definition) is 0. The van der Waals surface area contributed by atoms with Crippen LogP contribution in [0.15, 0.2) is 18.2 Å². The summed E-state index contributed by atoms with van der Waals surface area (Å²) in [6, 6.07) is 5.66. The topological polar surface area (TPSA) is 43.1 Å². The molecule has 1 unspecified atom stereocenters. The summed E-state index contributed by atoms with van der Waals surface area (Å²) in [6.45, 7) is 2.27. The van der Waals surface area contributed by atoms with E-state index in [1.165, 1.54) is 82.6 Å².